The maximum absolute atomic E-state index is 12.4. The number of rotatable bonds is 2. The fourth-order valence-corrected chi connectivity index (χ4v) is 4.14. The molecule has 0 atom stereocenters. The molecule has 1 aromatic rings. The molecule has 0 saturated carbocycles. The Morgan fingerprint density at radius 1 is 1.11 bits per heavy atom. The normalized spacial score (nSPS) is 19.1. The molecule has 0 unspecified atom stereocenters. The molecule has 1 aliphatic heterocycles. The van der Waals surface area contributed by atoms with Gasteiger partial charge >= 0.3 is 0 Å². The monoisotopic (exact) mass is 308 g/mol. The lowest BCUT2D eigenvalue weighted by molar-refractivity contribution is 0.320. The Morgan fingerprint density at radius 3 is 2.11 bits per heavy atom. The van der Waals surface area contributed by atoms with E-state index in [2.05, 4.69) is 0 Å². The van der Waals surface area contributed by atoms with E-state index in [0.29, 0.717) is 36.0 Å². The third kappa shape index (κ3) is 2.97. The number of hydrogen-bond acceptors (Lipinski definition) is 3. The van der Waals surface area contributed by atoms with Gasteiger partial charge in [-0.3, -0.25) is 0 Å². The minimum atomic E-state index is -3.52. The molecular weight excluding hydrogens is 295 g/mol. The highest BCUT2D eigenvalue weighted by atomic mass is 35.5. The Balaban J connectivity index is 2.30. The second-order valence-electron chi connectivity index (χ2n) is 4.35. The molecule has 0 radical (unpaired) electrons. The Hall–Kier alpha value is -0.330. The molecule has 100 valence electrons. The van der Waals surface area contributed by atoms with Crippen LogP contribution in [0.5, 0.6) is 0 Å². The molecule has 0 aromatic heterocycles. The number of halogens is 2. The highest BCUT2D eigenvalue weighted by molar-refractivity contribution is 7.89. The van der Waals surface area contributed by atoms with Gasteiger partial charge in [0.05, 0.1) is 4.90 Å². The van der Waals surface area contributed by atoms with E-state index in [1.165, 1.54) is 22.5 Å². The minimum Gasteiger partial charge on any atom is -0.328 e. The third-order valence-corrected chi connectivity index (χ3v) is 5.29. The van der Waals surface area contributed by atoms with E-state index in [4.69, 9.17) is 28.9 Å². The summed E-state index contributed by atoms with van der Waals surface area (Å²) in [6, 6.07) is 4.42. The Morgan fingerprint density at radius 2 is 1.61 bits per heavy atom. The lowest BCUT2D eigenvalue weighted by Crippen LogP contribution is -2.42. The van der Waals surface area contributed by atoms with Gasteiger partial charge in [0.2, 0.25) is 10.0 Å². The van der Waals surface area contributed by atoms with Crippen molar-refractivity contribution >= 4 is 33.2 Å². The predicted molar refractivity (Wildman–Crippen MR) is 72.4 cm³/mol. The van der Waals surface area contributed by atoms with Crippen molar-refractivity contribution in [2.24, 2.45) is 5.73 Å². The Bertz CT molecular complexity index is 520. The molecule has 1 aromatic carbocycles. The van der Waals surface area contributed by atoms with Gasteiger partial charge in [-0.1, -0.05) is 23.2 Å². The number of sulfonamides is 1. The number of piperidine rings is 1. The topological polar surface area (TPSA) is 63.4 Å². The van der Waals surface area contributed by atoms with Crippen molar-refractivity contribution in [3.05, 3.63) is 28.2 Å². The minimum absolute atomic E-state index is 0.0828. The first-order valence-corrected chi connectivity index (χ1v) is 7.81. The third-order valence-electron chi connectivity index (χ3n) is 2.97. The van der Waals surface area contributed by atoms with Crippen molar-refractivity contribution in [1.82, 2.24) is 4.31 Å². The second-order valence-corrected chi connectivity index (χ2v) is 7.16. The van der Waals surface area contributed by atoms with Gasteiger partial charge in [0.15, 0.2) is 0 Å². The van der Waals surface area contributed by atoms with Crippen molar-refractivity contribution in [3.8, 4) is 0 Å². The predicted octanol–water partition coefficient (Wildman–Crippen LogP) is 2.11. The van der Waals surface area contributed by atoms with Gasteiger partial charge in [0, 0.05) is 29.2 Å². The van der Waals surface area contributed by atoms with Gasteiger partial charge in [0.25, 0.3) is 0 Å². The quantitative estimate of drug-likeness (QED) is 0.910. The maximum atomic E-state index is 12.4. The summed E-state index contributed by atoms with van der Waals surface area (Å²) < 4.78 is 26.2. The van der Waals surface area contributed by atoms with Crippen LogP contribution in [0.25, 0.3) is 0 Å². The zero-order valence-corrected chi connectivity index (χ0v) is 12.0. The van der Waals surface area contributed by atoms with E-state index in [0.717, 1.165) is 0 Å². The first-order chi connectivity index (χ1) is 8.39. The molecule has 1 saturated heterocycles. The lowest BCUT2D eigenvalue weighted by Gasteiger charge is -2.29. The van der Waals surface area contributed by atoms with E-state index in [-0.39, 0.29) is 10.9 Å². The molecule has 0 bridgehead atoms. The molecule has 7 heteroatoms. The first kappa shape index (κ1) is 14.1. The molecule has 18 heavy (non-hydrogen) atoms. The van der Waals surface area contributed by atoms with E-state index in [1.807, 2.05) is 0 Å². The van der Waals surface area contributed by atoms with Gasteiger partial charge in [0.1, 0.15) is 0 Å². The van der Waals surface area contributed by atoms with Crippen molar-refractivity contribution < 1.29 is 8.42 Å². The highest BCUT2D eigenvalue weighted by Gasteiger charge is 2.28. The molecule has 2 rings (SSSR count). The van der Waals surface area contributed by atoms with Crippen LogP contribution in [-0.2, 0) is 10.0 Å². The van der Waals surface area contributed by atoms with Crippen LogP contribution < -0.4 is 5.73 Å². The van der Waals surface area contributed by atoms with E-state index in [9.17, 15) is 8.42 Å². The Kier molecular flexibility index (Phi) is 4.18. The second kappa shape index (κ2) is 5.35. The summed E-state index contributed by atoms with van der Waals surface area (Å²) in [6.07, 6.45) is 1.35. The molecule has 1 fully saturated rings. The van der Waals surface area contributed by atoms with Gasteiger partial charge in [-0.25, -0.2) is 8.42 Å². The smallest absolute Gasteiger partial charge is 0.243 e. The fraction of sp³-hybridized carbons (Fsp3) is 0.455. The van der Waals surface area contributed by atoms with Crippen LogP contribution in [0.1, 0.15) is 12.8 Å². The SMILES string of the molecule is NC1CCN(S(=O)(=O)c2cc(Cl)cc(Cl)c2)CC1. The Labute approximate surface area is 117 Å². The molecule has 2 N–H and O–H groups in total. The van der Waals surface area contributed by atoms with Crippen LogP contribution in [0.4, 0.5) is 0 Å². The summed E-state index contributed by atoms with van der Waals surface area (Å²) in [4.78, 5) is 0.135. The van der Waals surface area contributed by atoms with E-state index < -0.39 is 10.0 Å². The number of nitrogens with two attached hydrogens (primary N) is 1. The molecule has 0 spiro atoms. The van der Waals surface area contributed by atoms with E-state index >= 15 is 0 Å². The van der Waals surface area contributed by atoms with Crippen molar-refractivity contribution in [2.75, 3.05) is 13.1 Å². The van der Waals surface area contributed by atoms with Crippen molar-refractivity contribution in [2.45, 2.75) is 23.8 Å². The molecule has 4 nitrogen and oxygen atoms in total. The fourth-order valence-electron chi connectivity index (χ4n) is 1.94. The summed E-state index contributed by atoms with van der Waals surface area (Å²) in [6.45, 7) is 0.876. The van der Waals surface area contributed by atoms with Crippen LogP contribution >= 0.6 is 23.2 Å². The summed E-state index contributed by atoms with van der Waals surface area (Å²) >= 11 is 11.7. The molecular formula is C11H14Cl2N2O2S. The van der Waals surface area contributed by atoms with Gasteiger partial charge < -0.3 is 5.73 Å². The molecule has 0 amide bonds. The van der Waals surface area contributed by atoms with Crippen molar-refractivity contribution in [3.63, 3.8) is 0 Å². The summed E-state index contributed by atoms with van der Waals surface area (Å²) in [7, 11) is -3.52. The van der Waals surface area contributed by atoms with Crippen LogP contribution in [0.15, 0.2) is 23.1 Å². The molecule has 0 aliphatic carbocycles. The van der Waals surface area contributed by atoms with Gasteiger partial charge in [-0.2, -0.15) is 4.31 Å². The zero-order chi connectivity index (χ0) is 13.3. The first-order valence-electron chi connectivity index (χ1n) is 5.61. The van der Waals surface area contributed by atoms with Gasteiger partial charge in [-0.05, 0) is 31.0 Å². The summed E-state index contributed by atoms with van der Waals surface area (Å²) in [5.41, 5.74) is 5.76. The zero-order valence-electron chi connectivity index (χ0n) is 9.64. The van der Waals surface area contributed by atoms with E-state index in [1.54, 1.807) is 0 Å². The average Bonchev–Trinajstić information content (AvgIpc) is 2.28. The molecule has 1 heterocycles. The largest absolute Gasteiger partial charge is 0.328 e. The van der Waals surface area contributed by atoms with Crippen LogP contribution in [0.2, 0.25) is 10.0 Å². The number of benzene rings is 1. The van der Waals surface area contributed by atoms with Crippen LogP contribution in [-0.4, -0.2) is 31.9 Å². The average molecular weight is 309 g/mol. The van der Waals surface area contributed by atoms with Crippen LogP contribution in [0.3, 0.4) is 0 Å². The number of nitrogens with zero attached hydrogens (tertiary/aromatic N) is 1. The maximum Gasteiger partial charge on any atom is 0.243 e. The lowest BCUT2D eigenvalue weighted by atomic mass is 10.1. The summed E-state index contributed by atoms with van der Waals surface area (Å²) in [5.74, 6) is 0. The summed E-state index contributed by atoms with van der Waals surface area (Å²) in [5, 5.41) is 0.629. The highest BCUT2D eigenvalue weighted by Crippen LogP contribution is 2.26. The van der Waals surface area contributed by atoms with Crippen molar-refractivity contribution in [1.29, 1.82) is 0 Å². The van der Waals surface area contributed by atoms with Gasteiger partial charge in [-0.15, -0.1) is 0 Å². The molecule has 1 aliphatic rings. The van der Waals surface area contributed by atoms with Crippen LogP contribution in [0, 0.1) is 0 Å². The number of hydrogen-bond donors (Lipinski definition) is 1. The standard InChI is InChI=1S/C11H14Cl2N2O2S/c12-8-5-9(13)7-11(6-8)18(16,17)15-3-1-10(14)2-4-15/h5-7,10H,1-4,14H2.